The monoisotopic (exact) mass is 332 g/mol. The van der Waals surface area contributed by atoms with Gasteiger partial charge in [0.05, 0.1) is 17.2 Å². The second-order valence-electron chi connectivity index (χ2n) is 3.80. The van der Waals surface area contributed by atoms with Crippen molar-refractivity contribution in [2.75, 3.05) is 5.32 Å². The first kappa shape index (κ1) is 13.7. The number of hydrogen-bond acceptors (Lipinski definition) is 3. The molecule has 0 aliphatic rings. The quantitative estimate of drug-likeness (QED) is 0.820. The summed E-state index contributed by atoms with van der Waals surface area (Å²) in [5.41, 5.74) is 1.69. The number of hydrogen-bond donors (Lipinski definition) is 2. The second-order valence-corrected chi connectivity index (χ2v) is 5.20. The molecule has 5 heteroatoms. The molecule has 3 nitrogen and oxygen atoms in total. The first-order chi connectivity index (χ1) is 9.10. The minimum absolute atomic E-state index is 0.234. The van der Waals surface area contributed by atoms with Gasteiger partial charge in [-0.25, -0.2) is 0 Å². The lowest BCUT2D eigenvalue weighted by molar-refractivity contribution is 0.102. The number of nitriles is 1. The van der Waals surface area contributed by atoms with Crippen molar-refractivity contribution in [1.29, 1.82) is 5.26 Å². The fourth-order valence-corrected chi connectivity index (χ4v) is 2.38. The van der Waals surface area contributed by atoms with Crippen molar-refractivity contribution in [3.63, 3.8) is 0 Å². The van der Waals surface area contributed by atoms with Crippen LogP contribution in [0.3, 0.4) is 0 Å². The van der Waals surface area contributed by atoms with Crippen LogP contribution in [0, 0.1) is 11.3 Å². The maximum Gasteiger partial charge on any atom is 0.256 e. The molecular weight excluding hydrogens is 324 g/mol. The number of halogens is 1. The molecule has 0 aromatic heterocycles. The Morgan fingerprint density at radius 3 is 2.47 bits per heavy atom. The minimum atomic E-state index is -0.234. The lowest BCUT2D eigenvalue weighted by Gasteiger charge is -2.07. The van der Waals surface area contributed by atoms with Crippen LogP contribution in [0.2, 0.25) is 0 Å². The van der Waals surface area contributed by atoms with Crippen molar-refractivity contribution in [3.8, 4) is 6.07 Å². The number of carbonyl (C=O) groups excluding carboxylic acids is 1. The van der Waals surface area contributed by atoms with Gasteiger partial charge in [-0.1, -0.05) is 15.9 Å². The second kappa shape index (κ2) is 5.91. The molecule has 19 heavy (non-hydrogen) atoms. The van der Waals surface area contributed by atoms with Gasteiger partial charge < -0.3 is 5.32 Å². The Balaban J connectivity index is 2.18. The normalized spacial score (nSPS) is 9.74. The molecule has 0 fully saturated rings. The number of nitrogens with one attached hydrogen (secondary N) is 1. The highest BCUT2D eigenvalue weighted by Gasteiger charge is 2.10. The Bertz CT molecular complexity index is 662. The highest BCUT2D eigenvalue weighted by molar-refractivity contribution is 9.10. The van der Waals surface area contributed by atoms with Gasteiger partial charge in [0.25, 0.3) is 5.91 Å². The van der Waals surface area contributed by atoms with Crippen LogP contribution in [0.4, 0.5) is 5.69 Å². The van der Waals surface area contributed by atoms with E-state index in [2.05, 4.69) is 33.9 Å². The van der Waals surface area contributed by atoms with E-state index in [-0.39, 0.29) is 5.91 Å². The third kappa shape index (κ3) is 3.37. The topological polar surface area (TPSA) is 52.9 Å². The van der Waals surface area contributed by atoms with Gasteiger partial charge >= 0.3 is 0 Å². The lowest BCUT2D eigenvalue weighted by atomic mass is 10.2. The fourth-order valence-electron chi connectivity index (χ4n) is 1.52. The van der Waals surface area contributed by atoms with Gasteiger partial charge in [-0.05, 0) is 42.5 Å². The molecule has 0 heterocycles. The van der Waals surface area contributed by atoms with Crippen LogP contribution in [-0.4, -0.2) is 5.91 Å². The molecule has 0 unspecified atom stereocenters. The van der Waals surface area contributed by atoms with E-state index in [0.29, 0.717) is 21.7 Å². The third-order valence-corrected chi connectivity index (χ3v) is 3.34. The maximum absolute atomic E-state index is 12.1. The number of thiol groups is 1. The summed E-state index contributed by atoms with van der Waals surface area (Å²) in [6.07, 6.45) is 0. The van der Waals surface area contributed by atoms with Gasteiger partial charge in [0.15, 0.2) is 0 Å². The van der Waals surface area contributed by atoms with E-state index < -0.39 is 0 Å². The van der Waals surface area contributed by atoms with Crippen LogP contribution >= 0.6 is 28.6 Å². The Morgan fingerprint density at radius 2 is 1.89 bits per heavy atom. The maximum atomic E-state index is 12.1. The van der Waals surface area contributed by atoms with E-state index in [1.54, 1.807) is 42.5 Å². The Morgan fingerprint density at radius 1 is 1.21 bits per heavy atom. The zero-order valence-electron chi connectivity index (χ0n) is 9.72. The number of nitrogens with zero attached hydrogens (tertiary/aromatic N) is 1. The zero-order chi connectivity index (χ0) is 13.8. The molecule has 94 valence electrons. The molecule has 1 N–H and O–H groups in total. The van der Waals surface area contributed by atoms with E-state index in [0.717, 1.165) is 4.47 Å². The Kier molecular flexibility index (Phi) is 4.25. The van der Waals surface area contributed by atoms with E-state index in [9.17, 15) is 4.79 Å². The summed E-state index contributed by atoms with van der Waals surface area (Å²) < 4.78 is 0.868. The lowest BCUT2D eigenvalue weighted by Crippen LogP contribution is -2.12. The summed E-state index contributed by atoms with van der Waals surface area (Å²) in [7, 11) is 0. The van der Waals surface area contributed by atoms with E-state index in [4.69, 9.17) is 5.26 Å². The molecule has 0 saturated heterocycles. The summed E-state index contributed by atoms with van der Waals surface area (Å²) in [5.74, 6) is -0.234. The molecule has 0 aliphatic heterocycles. The summed E-state index contributed by atoms with van der Waals surface area (Å²) in [6, 6.07) is 13.9. The van der Waals surface area contributed by atoms with E-state index in [1.807, 2.05) is 6.07 Å². The molecule has 0 saturated carbocycles. The number of benzene rings is 2. The predicted molar refractivity (Wildman–Crippen MR) is 80.5 cm³/mol. The molecule has 0 aliphatic carbocycles. The largest absolute Gasteiger partial charge is 0.322 e. The number of rotatable bonds is 2. The standard InChI is InChI=1S/C14H9BrN2OS/c15-10-3-6-12(13(19)7-10)14(18)17-11-4-1-9(8-16)2-5-11/h1-7,19H,(H,17,18). The van der Waals surface area contributed by atoms with Crippen LogP contribution in [0.15, 0.2) is 51.8 Å². The zero-order valence-corrected chi connectivity index (χ0v) is 12.2. The molecule has 2 rings (SSSR count). The highest BCUT2D eigenvalue weighted by atomic mass is 79.9. The highest BCUT2D eigenvalue weighted by Crippen LogP contribution is 2.21. The minimum Gasteiger partial charge on any atom is -0.322 e. The van der Waals surface area contributed by atoms with Crippen molar-refractivity contribution in [3.05, 3.63) is 58.1 Å². The molecule has 0 spiro atoms. The predicted octanol–water partition coefficient (Wildman–Crippen LogP) is 3.86. The van der Waals surface area contributed by atoms with Crippen molar-refractivity contribution >= 4 is 40.2 Å². The van der Waals surface area contributed by atoms with Crippen LogP contribution in [0.25, 0.3) is 0 Å². The van der Waals surface area contributed by atoms with Gasteiger partial charge in [-0.15, -0.1) is 12.6 Å². The van der Waals surface area contributed by atoms with E-state index in [1.165, 1.54) is 0 Å². The van der Waals surface area contributed by atoms with Crippen LogP contribution in [0.1, 0.15) is 15.9 Å². The third-order valence-electron chi connectivity index (χ3n) is 2.48. The van der Waals surface area contributed by atoms with Gasteiger partial charge in [0.2, 0.25) is 0 Å². The van der Waals surface area contributed by atoms with Crippen molar-refractivity contribution in [1.82, 2.24) is 0 Å². The van der Waals surface area contributed by atoms with Crippen molar-refractivity contribution < 1.29 is 4.79 Å². The van der Waals surface area contributed by atoms with Crippen molar-refractivity contribution in [2.45, 2.75) is 4.90 Å². The summed E-state index contributed by atoms with van der Waals surface area (Å²) >= 11 is 7.59. The molecule has 0 radical (unpaired) electrons. The number of amides is 1. The molecule has 2 aromatic rings. The summed E-state index contributed by atoms with van der Waals surface area (Å²) in [5, 5.41) is 11.5. The van der Waals surface area contributed by atoms with Crippen LogP contribution in [-0.2, 0) is 0 Å². The van der Waals surface area contributed by atoms with Gasteiger partial charge in [-0.3, -0.25) is 4.79 Å². The summed E-state index contributed by atoms with van der Waals surface area (Å²) in [6.45, 7) is 0. The van der Waals surface area contributed by atoms with Crippen LogP contribution < -0.4 is 5.32 Å². The molecule has 0 atom stereocenters. The number of anilines is 1. The smallest absolute Gasteiger partial charge is 0.256 e. The fraction of sp³-hybridized carbons (Fsp3) is 0. The van der Waals surface area contributed by atoms with Crippen LogP contribution in [0.5, 0.6) is 0 Å². The SMILES string of the molecule is N#Cc1ccc(NC(=O)c2ccc(Br)cc2S)cc1. The van der Waals surface area contributed by atoms with Gasteiger partial charge in [-0.2, -0.15) is 5.26 Å². The molecular formula is C14H9BrN2OS. The first-order valence-electron chi connectivity index (χ1n) is 5.40. The molecule has 1 amide bonds. The summed E-state index contributed by atoms with van der Waals surface area (Å²) in [4.78, 5) is 12.7. The average molecular weight is 333 g/mol. The Labute approximate surface area is 124 Å². The van der Waals surface area contributed by atoms with Gasteiger partial charge in [0.1, 0.15) is 0 Å². The first-order valence-corrected chi connectivity index (χ1v) is 6.64. The van der Waals surface area contributed by atoms with Gasteiger partial charge in [0, 0.05) is 15.1 Å². The van der Waals surface area contributed by atoms with E-state index >= 15 is 0 Å². The Hall–Kier alpha value is -1.77. The van der Waals surface area contributed by atoms with Crippen molar-refractivity contribution in [2.24, 2.45) is 0 Å². The molecule has 2 aromatic carbocycles. The molecule has 0 bridgehead atoms. The number of carbonyl (C=O) groups is 1. The average Bonchev–Trinajstić information content (AvgIpc) is 2.39.